The molecule has 0 amide bonds. The SMILES string of the molecule is CC(=O)[C@@H]1CC[C@H]2CC(F)(F)CCN21. The zero-order chi connectivity index (χ0) is 10.3. The number of ketones is 1. The standard InChI is InChI=1S/C10H15F2NO/c1-7(14)9-3-2-8-6-10(11,12)4-5-13(8)9/h8-9H,2-6H2,1H3/t8-,9-/m0/s1. The van der Waals surface area contributed by atoms with Crippen LogP contribution in [0, 0.1) is 0 Å². The molecule has 2 atom stereocenters. The first-order chi connectivity index (χ1) is 6.49. The van der Waals surface area contributed by atoms with Crippen molar-refractivity contribution in [3.8, 4) is 0 Å². The normalized spacial score (nSPS) is 36.8. The van der Waals surface area contributed by atoms with Crippen LogP contribution in [0.5, 0.6) is 0 Å². The molecule has 0 aromatic rings. The van der Waals surface area contributed by atoms with Gasteiger partial charge in [0, 0.05) is 25.4 Å². The van der Waals surface area contributed by atoms with Gasteiger partial charge in [-0.15, -0.1) is 0 Å². The van der Waals surface area contributed by atoms with Crippen molar-refractivity contribution in [1.82, 2.24) is 4.90 Å². The van der Waals surface area contributed by atoms with E-state index in [0.29, 0.717) is 6.54 Å². The van der Waals surface area contributed by atoms with E-state index < -0.39 is 5.92 Å². The summed E-state index contributed by atoms with van der Waals surface area (Å²) < 4.78 is 26.1. The van der Waals surface area contributed by atoms with Gasteiger partial charge in [0.2, 0.25) is 0 Å². The Morgan fingerprint density at radius 1 is 1.43 bits per heavy atom. The second kappa shape index (κ2) is 3.26. The predicted octanol–water partition coefficient (Wildman–Crippen LogP) is 1.84. The summed E-state index contributed by atoms with van der Waals surface area (Å²) in [7, 11) is 0. The van der Waals surface area contributed by atoms with Crippen LogP contribution in [-0.2, 0) is 4.79 Å². The number of piperidine rings is 1. The van der Waals surface area contributed by atoms with Gasteiger partial charge in [0.05, 0.1) is 6.04 Å². The maximum Gasteiger partial charge on any atom is 0.250 e. The largest absolute Gasteiger partial charge is 0.298 e. The van der Waals surface area contributed by atoms with E-state index in [1.807, 2.05) is 4.90 Å². The molecule has 2 fully saturated rings. The second-order valence-electron chi connectivity index (χ2n) is 4.41. The Morgan fingerprint density at radius 3 is 2.79 bits per heavy atom. The van der Waals surface area contributed by atoms with Gasteiger partial charge in [-0.3, -0.25) is 9.69 Å². The van der Waals surface area contributed by atoms with Gasteiger partial charge in [-0.2, -0.15) is 0 Å². The molecule has 2 rings (SSSR count). The van der Waals surface area contributed by atoms with E-state index >= 15 is 0 Å². The summed E-state index contributed by atoms with van der Waals surface area (Å²) in [5.41, 5.74) is 0. The number of alkyl halides is 2. The van der Waals surface area contributed by atoms with Crippen molar-refractivity contribution in [2.75, 3.05) is 6.54 Å². The van der Waals surface area contributed by atoms with Gasteiger partial charge in [-0.1, -0.05) is 0 Å². The Kier molecular flexibility index (Phi) is 2.33. The summed E-state index contributed by atoms with van der Waals surface area (Å²) in [6.45, 7) is 1.93. The van der Waals surface area contributed by atoms with Crippen LogP contribution in [-0.4, -0.2) is 35.2 Å². The third-order valence-electron chi connectivity index (χ3n) is 3.38. The molecular weight excluding hydrogens is 188 g/mol. The lowest BCUT2D eigenvalue weighted by Gasteiger charge is -2.36. The Bertz CT molecular complexity index is 255. The van der Waals surface area contributed by atoms with Crippen molar-refractivity contribution in [3.63, 3.8) is 0 Å². The average Bonchev–Trinajstić information content (AvgIpc) is 2.44. The van der Waals surface area contributed by atoms with Crippen LogP contribution in [0.4, 0.5) is 8.78 Å². The minimum absolute atomic E-state index is 0.0588. The molecule has 0 spiro atoms. The zero-order valence-electron chi connectivity index (χ0n) is 8.30. The van der Waals surface area contributed by atoms with Crippen LogP contribution < -0.4 is 0 Å². The molecule has 0 aromatic heterocycles. The van der Waals surface area contributed by atoms with Crippen molar-refractivity contribution in [2.45, 2.75) is 50.6 Å². The highest BCUT2D eigenvalue weighted by Crippen LogP contribution is 2.39. The molecule has 0 N–H and O–H groups in total. The van der Waals surface area contributed by atoms with Crippen LogP contribution in [0.2, 0.25) is 0 Å². The lowest BCUT2D eigenvalue weighted by Crippen LogP contribution is -2.48. The van der Waals surface area contributed by atoms with Crippen LogP contribution in [0.1, 0.15) is 32.6 Å². The summed E-state index contributed by atoms with van der Waals surface area (Å²) in [6.07, 6.45) is 1.36. The third kappa shape index (κ3) is 1.67. The minimum Gasteiger partial charge on any atom is -0.298 e. The number of carbonyl (C=O) groups is 1. The highest BCUT2D eigenvalue weighted by Gasteiger charge is 2.46. The molecule has 2 aliphatic rings. The summed E-state index contributed by atoms with van der Waals surface area (Å²) in [5, 5.41) is 0. The molecule has 2 aliphatic heterocycles. The maximum atomic E-state index is 13.1. The van der Waals surface area contributed by atoms with Crippen LogP contribution >= 0.6 is 0 Å². The molecular formula is C10H15F2NO. The topological polar surface area (TPSA) is 20.3 Å². The number of hydrogen-bond donors (Lipinski definition) is 0. The number of halogens is 2. The van der Waals surface area contributed by atoms with Gasteiger partial charge in [0.25, 0.3) is 5.92 Å². The molecule has 0 unspecified atom stereocenters. The first kappa shape index (κ1) is 10.0. The van der Waals surface area contributed by atoms with Crippen molar-refractivity contribution < 1.29 is 13.6 Å². The molecule has 0 saturated carbocycles. The molecule has 2 heterocycles. The summed E-state index contributed by atoms with van der Waals surface area (Å²) >= 11 is 0. The van der Waals surface area contributed by atoms with E-state index in [-0.39, 0.29) is 30.7 Å². The fraction of sp³-hybridized carbons (Fsp3) is 0.900. The lowest BCUT2D eigenvalue weighted by atomic mass is 9.99. The molecule has 0 aromatic carbocycles. The van der Waals surface area contributed by atoms with Crippen LogP contribution in [0.15, 0.2) is 0 Å². The number of nitrogens with zero attached hydrogens (tertiary/aromatic N) is 1. The van der Waals surface area contributed by atoms with Crippen molar-refractivity contribution >= 4 is 5.78 Å². The van der Waals surface area contributed by atoms with Crippen molar-refractivity contribution in [2.24, 2.45) is 0 Å². The van der Waals surface area contributed by atoms with Crippen LogP contribution in [0.25, 0.3) is 0 Å². The number of hydrogen-bond acceptors (Lipinski definition) is 2. The fourth-order valence-electron chi connectivity index (χ4n) is 2.67. The fourth-order valence-corrected chi connectivity index (χ4v) is 2.67. The first-order valence-corrected chi connectivity index (χ1v) is 5.14. The first-order valence-electron chi connectivity index (χ1n) is 5.14. The van der Waals surface area contributed by atoms with Gasteiger partial charge in [0.15, 0.2) is 0 Å². The quantitative estimate of drug-likeness (QED) is 0.648. The minimum atomic E-state index is -2.51. The Labute approximate surface area is 82.3 Å². The maximum absolute atomic E-state index is 13.1. The zero-order valence-corrected chi connectivity index (χ0v) is 8.30. The molecule has 4 heteroatoms. The monoisotopic (exact) mass is 203 g/mol. The average molecular weight is 203 g/mol. The van der Waals surface area contributed by atoms with E-state index in [4.69, 9.17) is 0 Å². The van der Waals surface area contributed by atoms with Crippen molar-refractivity contribution in [3.05, 3.63) is 0 Å². The van der Waals surface area contributed by atoms with Gasteiger partial charge < -0.3 is 0 Å². The Balaban J connectivity index is 2.07. The summed E-state index contributed by atoms with van der Waals surface area (Å²) in [6, 6.07) is -0.149. The van der Waals surface area contributed by atoms with Gasteiger partial charge >= 0.3 is 0 Å². The van der Waals surface area contributed by atoms with E-state index in [1.165, 1.54) is 0 Å². The Morgan fingerprint density at radius 2 is 2.14 bits per heavy atom. The number of Topliss-reactive ketones (excluding diaryl/α,β-unsaturated/α-hetero) is 1. The number of fused-ring (bicyclic) bond motifs is 1. The highest BCUT2D eigenvalue weighted by atomic mass is 19.3. The van der Waals surface area contributed by atoms with E-state index in [0.717, 1.165) is 12.8 Å². The number of rotatable bonds is 1. The van der Waals surface area contributed by atoms with Gasteiger partial charge in [-0.05, 0) is 19.8 Å². The predicted molar refractivity (Wildman–Crippen MR) is 48.4 cm³/mol. The molecule has 2 saturated heterocycles. The summed E-state index contributed by atoms with van der Waals surface area (Å²) in [4.78, 5) is 13.2. The lowest BCUT2D eigenvalue weighted by molar-refractivity contribution is -0.125. The third-order valence-corrected chi connectivity index (χ3v) is 3.38. The van der Waals surface area contributed by atoms with E-state index in [1.54, 1.807) is 6.92 Å². The highest BCUT2D eigenvalue weighted by molar-refractivity contribution is 5.81. The molecule has 0 aliphatic carbocycles. The summed E-state index contributed by atoms with van der Waals surface area (Å²) in [5.74, 6) is -2.38. The molecule has 2 nitrogen and oxygen atoms in total. The molecule has 0 radical (unpaired) electrons. The smallest absolute Gasteiger partial charge is 0.250 e. The van der Waals surface area contributed by atoms with Gasteiger partial charge in [-0.25, -0.2) is 8.78 Å². The van der Waals surface area contributed by atoms with E-state index in [2.05, 4.69) is 0 Å². The van der Waals surface area contributed by atoms with E-state index in [9.17, 15) is 13.6 Å². The molecule has 80 valence electrons. The Hall–Kier alpha value is -0.510. The molecule has 0 bridgehead atoms. The second-order valence-corrected chi connectivity index (χ2v) is 4.41. The molecule has 14 heavy (non-hydrogen) atoms. The van der Waals surface area contributed by atoms with Crippen LogP contribution in [0.3, 0.4) is 0 Å². The van der Waals surface area contributed by atoms with Gasteiger partial charge in [0.1, 0.15) is 5.78 Å². The van der Waals surface area contributed by atoms with Crippen molar-refractivity contribution in [1.29, 1.82) is 0 Å². The number of carbonyl (C=O) groups excluding carboxylic acids is 1.